The van der Waals surface area contributed by atoms with E-state index in [4.69, 9.17) is 4.42 Å². The maximum Gasteiger partial charge on any atom is 0.143 e. The Morgan fingerprint density at radius 3 is 1.75 bits per heavy atom. The first-order valence-corrected chi connectivity index (χ1v) is 22.7. The zero-order chi connectivity index (χ0) is 42.2. The lowest BCUT2D eigenvalue weighted by molar-refractivity contribution is 0.670. The number of nitrogens with zero attached hydrogens (tertiary/aromatic N) is 1. The maximum atomic E-state index is 6.49. The number of para-hydroxylation sites is 2. The summed E-state index contributed by atoms with van der Waals surface area (Å²) in [6, 6.07) is 86.6. The molecule has 0 N–H and O–H groups in total. The fraction of sp³-hybridized carbons (Fsp3) is 0.0164. The van der Waals surface area contributed by atoms with Gasteiger partial charge in [-0.15, -0.1) is 11.3 Å². The van der Waals surface area contributed by atoms with Crippen molar-refractivity contribution in [1.29, 1.82) is 0 Å². The molecule has 13 rings (SSSR count). The monoisotopic (exact) mass is 833 g/mol. The van der Waals surface area contributed by atoms with Crippen LogP contribution >= 0.6 is 11.3 Å². The first kappa shape index (κ1) is 36.7. The number of furan rings is 1. The molecule has 0 saturated carbocycles. The van der Waals surface area contributed by atoms with Crippen LogP contribution < -0.4 is 4.90 Å². The second kappa shape index (κ2) is 14.6. The molecule has 0 amide bonds. The quantitative estimate of drug-likeness (QED) is 0.159. The average Bonchev–Trinajstić information content (AvgIpc) is 4.03. The average molecular weight is 834 g/mol. The summed E-state index contributed by atoms with van der Waals surface area (Å²) in [5.41, 5.74) is 16.7. The van der Waals surface area contributed by atoms with Crippen molar-refractivity contribution in [1.82, 2.24) is 0 Å². The van der Waals surface area contributed by atoms with E-state index in [0.717, 1.165) is 50.1 Å². The van der Waals surface area contributed by atoms with Crippen LogP contribution in [-0.2, 0) is 5.41 Å². The molecule has 12 aromatic rings. The van der Waals surface area contributed by atoms with E-state index in [2.05, 4.69) is 229 Å². The summed E-state index contributed by atoms with van der Waals surface area (Å²) in [5.74, 6) is 0. The molecule has 3 heteroatoms. The lowest BCUT2D eigenvalue weighted by atomic mass is 9.67. The molecule has 0 fully saturated rings. The molecule has 1 atom stereocenters. The number of thiophene rings is 1. The van der Waals surface area contributed by atoms with Gasteiger partial charge in [-0.3, -0.25) is 0 Å². The highest BCUT2D eigenvalue weighted by Crippen LogP contribution is 2.58. The SMILES string of the molecule is c1ccc(-c2ccc(N(c3ccc(-c4cccc5c4oc4ccccc45)cc3)c3ccc4c(c3)C(c3ccccc3)(c3ccc5c(c3)sc3ccccc35)c3ccccc3-4)cc2)cc1. The number of fused-ring (bicyclic) bond motifs is 9. The topological polar surface area (TPSA) is 16.4 Å². The van der Waals surface area contributed by atoms with Gasteiger partial charge in [0.1, 0.15) is 11.2 Å². The standard InChI is InChI=1S/C61H39NOS/c1-3-14-40(15-4-1)41-26-31-45(32-27-41)62(46-33-28-42(29-34-46)48-21-13-22-54-51-19-8-11-24-57(51)63-60(48)54)47-35-37-50-49-18-7-10-23-55(49)61(56(50)39-47,43-16-5-2-6-17-43)44-30-36-53-52-20-9-12-25-58(52)64-59(53)38-44/h1-39H. The second-order valence-electron chi connectivity index (χ2n) is 16.8. The smallest absolute Gasteiger partial charge is 0.143 e. The summed E-state index contributed by atoms with van der Waals surface area (Å²) in [6.45, 7) is 0. The van der Waals surface area contributed by atoms with Gasteiger partial charge in [0.2, 0.25) is 0 Å². The Morgan fingerprint density at radius 1 is 0.344 bits per heavy atom. The second-order valence-corrected chi connectivity index (χ2v) is 17.9. The summed E-state index contributed by atoms with van der Waals surface area (Å²) < 4.78 is 9.11. The van der Waals surface area contributed by atoms with Crippen molar-refractivity contribution in [2.75, 3.05) is 4.90 Å². The molecular formula is C61H39NOS. The zero-order valence-corrected chi connectivity index (χ0v) is 35.6. The number of rotatable bonds is 7. The molecule has 0 spiro atoms. The van der Waals surface area contributed by atoms with E-state index in [1.807, 2.05) is 23.5 Å². The van der Waals surface area contributed by atoms with E-state index >= 15 is 0 Å². The van der Waals surface area contributed by atoms with Gasteiger partial charge in [-0.25, -0.2) is 0 Å². The fourth-order valence-corrected chi connectivity index (χ4v) is 11.6. The Labute approximate surface area is 375 Å². The van der Waals surface area contributed by atoms with Crippen LogP contribution in [0.3, 0.4) is 0 Å². The van der Waals surface area contributed by atoms with Gasteiger partial charge in [-0.1, -0.05) is 182 Å². The van der Waals surface area contributed by atoms with Crippen LogP contribution in [0.25, 0.3) is 75.5 Å². The van der Waals surface area contributed by atoms with Crippen LogP contribution in [0.1, 0.15) is 22.3 Å². The Morgan fingerprint density at radius 2 is 0.938 bits per heavy atom. The highest BCUT2D eigenvalue weighted by molar-refractivity contribution is 7.25. The largest absolute Gasteiger partial charge is 0.455 e. The fourth-order valence-electron chi connectivity index (χ4n) is 10.5. The number of hydrogen-bond acceptors (Lipinski definition) is 3. The van der Waals surface area contributed by atoms with Crippen molar-refractivity contribution in [2.24, 2.45) is 0 Å². The summed E-state index contributed by atoms with van der Waals surface area (Å²) in [6.07, 6.45) is 0. The third kappa shape index (κ3) is 5.58. The molecule has 0 aliphatic heterocycles. The zero-order valence-electron chi connectivity index (χ0n) is 34.8. The molecule has 0 saturated heterocycles. The van der Waals surface area contributed by atoms with E-state index in [1.54, 1.807) is 0 Å². The summed E-state index contributed by atoms with van der Waals surface area (Å²) in [7, 11) is 0. The molecule has 10 aromatic carbocycles. The van der Waals surface area contributed by atoms with Crippen LogP contribution in [0.15, 0.2) is 241 Å². The molecule has 0 radical (unpaired) electrons. The minimum Gasteiger partial charge on any atom is -0.455 e. The minimum absolute atomic E-state index is 0.564. The molecule has 1 aliphatic rings. The van der Waals surface area contributed by atoms with Crippen molar-refractivity contribution in [3.63, 3.8) is 0 Å². The van der Waals surface area contributed by atoms with Crippen LogP contribution in [0.4, 0.5) is 17.1 Å². The van der Waals surface area contributed by atoms with Crippen molar-refractivity contribution in [2.45, 2.75) is 5.41 Å². The molecule has 0 bridgehead atoms. The third-order valence-corrected chi connectivity index (χ3v) is 14.5. The van der Waals surface area contributed by atoms with Crippen LogP contribution in [-0.4, -0.2) is 0 Å². The van der Waals surface area contributed by atoms with Crippen LogP contribution in [0.5, 0.6) is 0 Å². The van der Waals surface area contributed by atoms with Gasteiger partial charge in [-0.2, -0.15) is 0 Å². The normalized spacial score (nSPS) is 14.3. The number of hydrogen-bond donors (Lipinski definition) is 0. The Kier molecular flexibility index (Phi) is 8.34. The molecule has 300 valence electrons. The molecular weight excluding hydrogens is 795 g/mol. The molecule has 1 aliphatic carbocycles. The molecule has 2 nitrogen and oxygen atoms in total. The van der Waals surface area contributed by atoms with Gasteiger partial charge >= 0.3 is 0 Å². The van der Waals surface area contributed by atoms with Gasteiger partial charge < -0.3 is 9.32 Å². The van der Waals surface area contributed by atoms with Crippen molar-refractivity contribution in [3.8, 4) is 33.4 Å². The summed E-state index contributed by atoms with van der Waals surface area (Å²) >= 11 is 1.88. The van der Waals surface area contributed by atoms with E-state index in [0.29, 0.717) is 0 Å². The van der Waals surface area contributed by atoms with Crippen molar-refractivity contribution < 1.29 is 4.42 Å². The minimum atomic E-state index is -0.564. The highest BCUT2D eigenvalue weighted by Gasteiger charge is 2.46. The predicted octanol–water partition coefficient (Wildman–Crippen LogP) is 17.1. The van der Waals surface area contributed by atoms with Gasteiger partial charge in [0, 0.05) is 53.6 Å². The predicted molar refractivity (Wildman–Crippen MR) is 269 cm³/mol. The molecule has 2 aromatic heterocycles. The van der Waals surface area contributed by atoms with Crippen molar-refractivity contribution >= 4 is 70.5 Å². The number of benzene rings is 10. The molecule has 2 heterocycles. The highest BCUT2D eigenvalue weighted by atomic mass is 32.1. The lowest BCUT2D eigenvalue weighted by Crippen LogP contribution is -2.28. The van der Waals surface area contributed by atoms with E-state index in [-0.39, 0.29) is 0 Å². The Hall–Kier alpha value is -7.98. The Balaban J connectivity index is 1.01. The lowest BCUT2D eigenvalue weighted by Gasteiger charge is -2.35. The van der Waals surface area contributed by atoms with E-state index < -0.39 is 5.41 Å². The third-order valence-electron chi connectivity index (χ3n) is 13.4. The first-order chi connectivity index (χ1) is 31.7. The van der Waals surface area contributed by atoms with Gasteiger partial charge in [0.25, 0.3) is 0 Å². The van der Waals surface area contributed by atoms with Crippen molar-refractivity contribution in [3.05, 3.63) is 259 Å². The van der Waals surface area contributed by atoms with Crippen LogP contribution in [0, 0.1) is 0 Å². The summed E-state index contributed by atoms with van der Waals surface area (Å²) in [5, 5.41) is 4.88. The maximum absolute atomic E-state index is 6.49. The van der Waals surface area contributed by atoms with E-state index in [9.17, 15) is 0 Å². The number of anilines is 3. The summed E-state index contributed by atoms with van der Waals surface area (Å²) in [4.78, 5) is 2.41. The first-order valence-electron chi connectivity index (χ1n) is 21.9. The molecule has 64 heavy (non-hydrogen) atoms. The Bertz CT molecular complexity index is 3720. The van der Waals surface area contributed by atoms with E-state index in [1.165, 1.54) is 64.7 Å². The van der Waals surface area contributed by atoms with Crippen LogP contribution in [0.2, 0.25) is 0 Å². The molecule has 1 unspecified atom stereocenters. The van der Waals surface area contributed by atoms with Gasteiger partial charge in [-0.05, 0) is 105 Å². The van der Waals surface area contributed by atoms with Gasteiger partial charge in [0.05, 0.1) is 5.41 Å². The van der Waals surface area contributed by atoms with Gasteiger partial charge in [0.15, 0.2) is 0 Å².